The molecule has 150 heavy (non-hydrogen) atoms. The Morgan fingerprint density at radius 2 is 0.420 bits per heavy atom. The van der Waals surface area contributed by atoms with Gasteiger partial charge in [-0.1, -0.05) is 471 Å². The average Bonchev–Trinajstić information content (AvgIpc) is 0.830. The number of hydrogen-bond acceptors (Lipinski definition) is 6. The Morgan fingerprint density at radius 1 is 0.193 bits per heavy atom. The van der Waals surface area contributed by atoms with Crippen molar-refractivity contribution in [1.29, 1.82) is 0 Å². The molecule has 2 saturated carbocycles. The lowest BCUT2D eigenvalue weighted by Gasteiger charge is -2.31. The van der Waals surface area contributed by atoms with Gasteiger partial charge in [-0.15, -0.1) is 0 Å². The van der Waals surface area contributed by atoms with Crippen molar-refractivity contribution >= 4 is 109 Å². The monoisotopic (exact) mass is 1950 g/mol. The van der Waals surface area contributed by atoms with Gasteiger partial charge in [-0.3, -0.25) is 9.97 Å². The lowest BCUT2D eigenvalue weighted by atomic mass is 9.74. The van der Waals surface area contributed by atoms with Crippen LogP contribution in [0.1, 0.15) is 209 Å². The normalized spacial score (nSPS) is 13.5. The summed E-state index contributed by atoms with van der Waals surface area (Å²) in [5.74, 6) is 1.49. The molecule has 738 valence electrons. The van der Waals surface area contributed by atoms with Gasteiger partial charge in [-0.05, 0) is 268 Å². The molecule has 23 aromatic rings. The number of benzene rings is 17. The van der Waals surface area contributed by atoms with Crippen LogP contribution < -0.4 is 0 Å². The first-order chi connectivity index (χ1) is 72.9. The maximum atomic E-state index is 5.76. The topological polar surface area (TPSA) is 77.3 Å². The minimum Gasteiger partial charge on any atom is -0.250 e. The van der Waals surface area contributed by atoms with Crippen LogP contribution in [0.15, 0.2) is 388 Å². The summed E-state index contributed by atoms with van der Waals surface area (Å²) in [4.78, 5) is 33.9. The third-order valence-corrected chi connectivity index (χ3v) is 33.6. The molecule has 0 unspecified atom stereocenters. The van der Waals surface area contributed by atoms with Crippen LogP contribution in [0.25, 0.3) is 175 Å². The number of pyridine rings is 6. The number of nitrogens with zero attached hydrogens (tertiary/aromatic N) is 6. The second-order valence-corrected chi connectivity index (χ2v) is 45.0. The molecule has 0 atom stereocenters. The van der Waals surface area contributed by atoms with E-state index in [0.717, 1.165) is 102 Å². The summed E-state index contributed by atoms with van der Waals surface area (Å²) < 4.78 is 0. The molecule has 0 saturated heterocycles. The predicted octanol–water partition coefficient (Wildman–Crippen LogP) is 38.4. The number of aryl methyl sites for hydroxylation is 6. The van der Waals surface area contributed by atoms with Crippen LogP contribution in [0.4, 0.5) is 0 Å². The third-order valence-electron chi connectivity index (χ3n) is 33.6. The van der Waals surface area contributed by atoms with E-state index in [1.165, 1.54) is 252 Å². The maximum Gasteiger partial charge on any atom is 0.0974 e. The lowest BCUT2D eigenvalue weighted by Crippen LogP contribution is -2.24. The van der Waals surface area contributed by atoms with E-state index in [2.05, 4.69) is 485 Å². The Labute approximate surface area is 884 Å². The molecule has 25 rings (SSSR count). The van der Waals surface area contributed by atoms with Crippen molar-refractivity contribution in [3.63, 3.8) is 0 Å². The number of rotatable bonds is 18. The van der Waals surface area contributed by atoms with Gasteiger partial charge in [0.1, 0.15) is 0 Å². The fraction of sp³-hybridized carbons (Fsp3) is 0.222. The van der Waals surface area contributed by atoms with Crippen molar-refractivity contribution in [2.24, 2.45) is 11.8 Å². The molecule has 6 nitrogen and oxygen atoms in total. The highest BCUT2D eigenvalue weighted by molar-refractivity contribution is 6.16. The zero-order chi connectivity index (χ0) is 103. The summed E-state index contributed by atoms with van der Waals surface area (Å²) in [6.07, 6.45) is 15.7. The fourth-order valence-electron chi connectivity index (χ4n) is 25.9. The maximum absolute atomic E-state index is 5.76. The minimum atomic E-state index is -0.424. The molecule has 0 spiro atoms. The summed E-state index contributed by atoms with van der Waals surface area (Å²) in [6.45, 7) is 32.1. The average molecular weight is 1950 g/mol. The Bertz CT molecular complexity index is 8580. The van der Waals surface area contributed by atoms with Crippen LogP contribution in [0.5, 0.6) is 0 Å². The zero-order valence-corrected chi connectivity index (χ0v) is 89.3. The van der Waals surface area contributed by atoms with E-state index < -0.39 is 21.7 Å². The van der Waals surface area contributed by atoms with Gasteiger partial charge in [0.15, 0.2) is 0 Å². The van der Waals surface area contributed by atoms with E-state index in [-0.39, 0.29) is 0 Å². The van der Waals surface area contributed by atoms with Gasteiger partial charge in [0, 0.05) is 65.4 Å². The number of fused-ring (bicyclic) bond motifs is 13. The van der Waals surface area contributed by atoms with E-state index in [1.54, 1.807) is 0 Å². The molecule has 17 aromatic carbocycles. The molecule has 6 heterocycles. The molecular weight excluding hydrogens is 1810 g/mol. The first kappa shape index (κ1) is 97.6. The number of hydrogen-bond donors (Lipinski definition) is 0. The van der Waals surface area contributed by atoms with Crippen LogP contribution in [-0.4, -0.2) is 29.9 Å². The first-order valence-electron chi connectivity index (χ1n) is 54.5. The standard InChI is InChI=1S/C54H48N2.C52H44N2.C38H40N2/c1-33-17-15-23-39-27-25-35(3)49(47(33)39)53(5,6)45-31-43(37-19-11-9-12-20-37)41-29-30-42-44(38-21-13-10-14-22-38)32-46(56-52(42)51(41)55-45)54(7,8)50-36(4)26-28-40-24-16-18-34(2)48(40)50;1-33-25-27-37-21-13-15-23-39(37)47(33)51(3,4)45-31-43(35-17-9-7-10-18-35)41-29-30-42-44(36-19-11-8-12-20-36)32-46(54-50(42)49(41)53-45)52(5,6)48-34(2)26-28-38-22-14-16-24-40(38)48;1-5-13-27(14-6-1)23-31-25-35(29-17-9-3-10-18-29)33-21-22-34-36(30-19-11-4-12-20-30)26-32(40-38(34)37(33)39-31)24-28-15-7-2-8-16-28/h9-32H,1-8H3;7-32H,1-6H3;3-4,9-12,17-22,25-28H,1-2,5-8,13-16,23-24H2. The second-order valence-electron chi connectivity index (χ2n) is 45.0. The summed E-state index contributed by atoms with van der Waals surface area (Å²) >= 11 is 0. The molecule has 0 bridgehead atoms. The summed E-state index contributed by atoms with van der Waals surface area (Å²) in [6, 6.07) is 141. The van der Waals surface area contributed by atoms with Gasteiger partial charge < -0.3 is 0 Å². The van der Waals surface area contributed by atoms with Gasteiger partial charge in [-0.2, -0.15) is 0 Å². The van der Waals surface area contributed by atoms with Crippen LogP contribution in [0, 0.1) is 53.4 Å². The summed E-state index contributed by atoms with van der Waals surface area (Å²) in [5, 5.41) is 17.0. The van der Waals surface area contributed by atoms with E-state index in [1.807, 2.05) is 0 Å². The Balaban J connectivity index is 0.000000125. The van der Waals surface area contributed by atoms with Gasteiger partial charge in [0.25, 0.3) is 0 Å². The van der Waals surface area contributed by atoms with Gasteiger partial charge in [0.05, 0.1) is 55.9 Å². The van der Waals surface area contributed by atoms with E-state index >= 15 is 0 Å². The Morgan fingerprint density at radius 3 is 0.700 bits per heavy atom. The molecule has 6 heteroatoms. The lowest BCUT2D eigenvalue weighted by molar-refractivity contribution is 0.354. The van der Waals surface area contributed by atoms with Gasteiger partial charge in [-0.25, -0.2) is 19.9 Å². The molecule has 2 aliphatic carbocycles. The van der Waals surface area contributed by atoms with Crippen molar-refractivity contribution in [3.8, 4) is 66.8 Å². The highest BCUT2D eigenvalue weighted by Crippen LogP contribution is 2.51. The largest absolute Gasteiger partial charge is 0.250 e. The molecule has 0 N–H and O–H groups in total. The molecular formula is C144H132N6. The number of aromatic nitrogens is 6. The molecule has 2 aliphatic rings. The van der Waals surface area contributed by atoms with Crippen molar-refractivity contribution in [2.45, 2.75) is 196 Å². The molecule has 0 radical (unpaired) electrons. The predicted molar refractivity (Wildman–Crippen MR) is 637 cm³/mol. The molecule has 0 aliphatic heterocycles. The van der Waals surface area contributed by atoms with Crippen molar-refractivity contribution in [2.75, 3.05) is 0 Å². The SMILES string of the molecule is Cc1ccc2cccc(C)c2c1C(C)(C)c1cc(-c2ccccc2)c2ccc3c(-c4ccccc4)cc(C(C)(C)c4c(C)ccc5cccc(C)c45)nc3c2n1.Cc1ccc2ccccc2c1C(C)(C)c1cc(-c2ccccc2)c2ccc3c(-c4ccccc4)cc(C(C)(C)c4c(C)ccc5ccccc45)nc3c2n1.c1ccc(-c2cc(CC3CCCCC3)nc3c2ccc2c(-c4ccccc4)cc(CC4CCCCC4)nc23)cc1. The van der Waals surface area contributed by atoms with E-state index in [0.29, 0.717) is 0 Å². The van der Waals surface area contributed by atoms with Crippen LogP contribution in [0.2, 0.25) is 0 Å². The Hall–Kier alpha value is -15.8. The zero-order valence-electron chi connectivity index (χ0n) is 89.3. The van der Waals surface area contributed by atoms with Crippen LogP contribution >= 0.6 is 0 Å². The smallest absolute Gasteiger partial charge is 0.0974 e. The van der Waals surface area contributed by atoms with Crippen molar-refractivity contribution in [3.05, 3.63) is 478 Å². The first-order valence-corrected chi connectivity index (χ1v) is 54.5. The molecule has 2 fully saturated rings. The molecule has 0 amide bonds. The van der Waals surface area contributed by atoms with Crippen molar-refractivity contribution < 1.29 is 0 Å². The highest BCUT2D eigenvalue weighted by Gasteiger charge is 2.38. The fourth-order valence-corrected chi connectivity index (χ4v) is 25.9. The van der Waals surface area contributed by atoms with Crippen LogP contribution in [0.3, 0.4) is 0 Å². The molecule has 6 aromatic heterocycles. The van der Waals surface area contributed by atoms with E-state index in [9.17, 15) is 0 Å². The van der Waals surface area contributed by atoms with Crippen LogP contribution in [-0.2, 0) is 34.5 Å². The second kappa shape index (κ2) is 40.4. The van der Waals surface area contributed by atoms with Gasteiger partial charge in [0.2, 0.25) is 0 Å². The minimum absolute atomic E-state index is 0.413. The quantitative estimate of drug-likeness (QED) is 0.0797. The van der Waals surface area contributed by atoms with Gasteiger partial charge >= 0.3 is 0 Å². The third kappa shape index (κ3) is 18.3. The summed E-state index contributed by atoms with van der Waals surface area (Å²) in [5.41, 5.74) is 38.1. The van der Waals surface area contributed by atoms with E-state index in [4.69, 9.17) is 29.9 Å². The summed E-state index contributed by atoms with van der Waals surface area (Å²) in [7, 11) is 0. The Kier molecular flexibility index (Phi) is 26.3. The highest BCUT2D eigenvalue weighted by atomic mass is 14.8. The van der Waals surface area contributed by atoms with Crippen molar-refractivity contribution in [1.82, 2.24) is 29.9 Å².